The molecule has 2 aliphatic heterocycles. The van der Waals surface area contributed by atoms with E-state index in [0.717, 1.165) is 35.4 Å². The molecule has 138 valence electrons. The molecule has 0 N–H and O–H groups in total. The Balaban J connectivity index is 1.60. The van der Waals surface area contributed by atoms with Crippen LogP contribution < -0.4 is 10.5 Å². The van der Waals surface area contributed by atoms with E-state index in [1.165, 1.54) is 6.42 Å². The Kier molecular flexibility index (Phi) is 3.62. The number of aromatic nitrogens is 2. The van der Waals surface area contributed by atoms with E-state index in [0.29, 0.717) is 23.3 Å². The van der Waals surface area contributed by atoms with Crippen LogP contribution >= 0.6 is 0 Å². The number of nitrogens with zero attached hydrogens (tertiary/aromatic N) is 4. The highest BCUT2D eigenvalue weighted by atomic mass is 16.1. The molecule has 2 aromatic carbocycles. The lowest BCUT2D eigenvalue weighted by Gasteiger charge is -2.33. The Morgan fingerprint density at radius 3 is 2.59 bits per heavy atom. The van der Waals surface area contributed by atoms with Crippen LogP contribution in [0.1, 0.15) is 12.0 Å². The molecule has 0 spiro atoms. The lowest BCUT2D eigenvalue weighted by Crippen LogP contribution is -2.44. The van der Waals surface area contributed by atoms with Gasteiger partial charge in [0, 0.05) is 43.5 Å². The lowest BCUT2D eigenvalue weighted by atomic mass is 10.1. The molecule has 1 aromatic heterocycles. The van der Waals surface area contributed by atoms with E-state index in [1.54, 1.807) is 4.57 Å². The number of likely N-dealkylation sites (N-methyl/N-ethyl adjacent to an activating group) is 1. The summed E-state index contributed by atoms with van der Waals surface area (Å²) in [5.74, 6) is 0.714. The molecule has 2 saturated heterocycles. The lowest BCUT2D eigenvalue weighted by molar-refractivity contribution is 0.292. The van der Waals surface area contributed by atoms with Crippen molar-refractivity contribution in [3.8, 4) is 11.4 Å². The number of rotatable bonds is 2. The van der Waals surface area contributed by atoms with Gasteiger partial charge in [-0.05, 0) is 44.7 Å². The predicted octanol–water partition coefficient (Wildman–Crippen LogP) is 2.80. The quantitative estimate of drug-likeness (QED) is 0.705. The third kappa shape index (κ3) is 2.57. The molecule has 5 heteroatoms. The molecule has 0 saturated carbocycles. The third-order valence-electron chi connectivity index (χ3n) is 6.18. The molecular formula is C22H24N4O. The van der Waals surface area contributed by atoms with Gasteiger partial charge in [-0.3, -0.25) is 14.3 Å². The average Bonchev–Trinajstić information content (AvgIpc) is 3.24. The standard InChI is InChI=1S/C22H24N4O/c1-14-5-4-6-15(9-14)21-23-20-8-7-16(11-19(20)22(27)25(21)3)26-13-17-10-18(26)12-24(17)2/h4-9,11,17-18H,10,12-13H2,1-3H3/t17-,18-/m0/s1. The first-order chi connectivity index (χ1) is 13.0. The van der Waals surface area contributed by atoms with E-state index >= 15 is 0 Å². The van der Waals surface area contributed by atoms with Crippen LogP contribution in [0.3, 0.4) is 0 Å². The number of likely N-dealkylation sites (tertiary alicyclic amines) is 1. The van der Waals surface area contributed by atoms with Gasteiger partial charge in [0.1, 0.15) is 5.82 Å². The number of anilines is 1. The van der Waals surface area contributed by atoms with Crippen molar-refractivity contribution in [2.75, 3.05) is 25.0 Å². The maximum atomic E-state index is 13.1. The van der Waals surface area contributed by atoms with Gasteiger partial charge in [0.05, 0.1) is 10.9 Å². The minimum absolute atomic E-state index is 0.0137. The van der Waals surface area contributed by atoms with Crippen LogP contribution in [0.25, 0.3) is 22.3 Å². The summed E-state index contributed by atoms with van der Waals surface area (Å²) in [7, 11) is 4.01. The maximum Gasteiger partial charge on any atom is 0.261 e. The Bertz CT molecular complexity index is 1100. The molecule has 3 aromatic rings. The average molecular weight is 360 g/mol. The molecule has 5 nitrogen and oxygen atoms in total. The molecule has 2 fully saturated rings. The molecule has 0 amide bonds. The van der Waals surface area contributed by atoms with E-state index in [1.807, 2.05) is 31.3 Å². The molecule has 0 unspecified atom stereocenters. The van der Waals surface area contributed by atoms with Gasteiger partial charge in [0.2, 0.25) is 0 Å². The third-order valence-corrected chi connectivity index (χ3v) is 6.18. The zero-order chi connectivity index (χ0) is 18.7. The first-order valence-electron chi connectivity index (χ1n) is 9.56. The van der Waals surface area contributed by atoms with Crippen LogP contribution in [-0.4, -0.2) is 46.7 Å². The molecule has 2 atom stereocenters. The van der Waals surface area contributed by atoms with E-state index in [2.05, 4.69) is 42.0 Å². The molecular weight excluding hydrogens is 336 g/mol. The number of hydrogen-bond acceptors (Lipinski definition) is 4. The second-order valence-electron chi connectivity index (χ2n) is 8.01. The van der Waals surface area contributed by atoms with Gasteiger partial charge in [-0.25, -0.2) is 4.98 Å². The van der Waals surface area contributed by atoms with Crippen LogP contribution in [0.15, 0.2) is 47.3 Å². The summed E-state index contributed by atoms with van der Waals surface area (Å²) >= 11 is 0. The van der Waals surface area contributed by atoms with Crippen molar-refractivity contribution in [3.05, 3.63) is 58.4 Å². The van der Waals surface area contributed by atoms with Crippen molar-refractivity contribution in [2.24, 2.45) is 7.05 Å². The minimum atomic E-state index is 0.0137. The summed E-state index contributed by atoms with van der Waals surface area (Å²) in [6.45, 7) is 4.20. The van der Waals surface area contributed by atoms with E-state index < -0.39 is 0 Å². The fourth-order valence-corrected chi connectivity index (χ4v) is 4.66. The van der Waals surface area contributed by atoms with Crippen molar-refractivity contribution < 1.29 is 0 Å². The van der Waals surface area contributed by atoms with Gasteiger partial charge >= 0.3 is 0 Å². The van der Waals surface area contributed by atoms with Crippen LogP contribution in [0.4, 0.5) is 5.69 Å². The van der Waals surface area contributed by atoms with Gasteiger partial charge in [-0.2, -0.15) is 0 Å². The zero-order valence-electron chi connectivity index (χ0n) is 16.0. The Labute approximate surface area is 158 Å². The van der Waals surface area contributed by atoms with Gasteiger partial charge < -0.3 is 4.90 Å². The smallest absolute Gasteiger partial charge is 0.261 e. The molecule has 3 heterocycles. The van der Waals surface area contributed by atoms with Crippen molar-refractivity contribution >= 4 is 16.6 Å². The first-order valence-corrected chi connectivity index (χ1v) is 9.56. The Hall–Kier alpha value is -2.66. The molecule has 27 heavy (non-hydrogen) atoms. The van der Waals surface area contributed by atoms with Gasteiger partial charge in [0.15, 0.2) is 0 Å². The summed E-state index contributed by atoms with van der Waals surface area (Å²) in [6.07, 6.45) is 1.22. The highest BCUT2D eigenvalue weighted by Crippen LogP contribution is 2.34. The Morgan fingerprint density at radius 2 is 1.89 bits per heavy atom. The molecule has 0 radical (unpaired) electrons. The van der Waals surface area contributed by atoms with Crippen molar-refractivity contribution in [3.63, 3.8) is 0 Å². The maximum absolute atomic E-state index is 13.1. The van der Waals surface area contributed by atoms with Gasteiger partial charge in [-0.15, -0.1) is 0 Å². The minimum Gasteiger partial charge on any atom is -0.366 e. The molecule has 2 bridgehead atoms. The van der Waals surface area contributed by atoms with Gasteiger partial charge in [-0.1, -0.05) is 23.8 Å². The summed E-state index contributed by atoms with van der Waals surface area (Å²) in [6, 6.07) is 15.5. The molecule has 5 rings (SSSR count). The largest absolute Gasteiger partial charge is 0.366 e. The summed E-state index contributed by atoms with van der Waals surface area (Å²) in [5.41, 5.74) is 4.05. The van der Waals surface area contributed by atoms with Gasteiger partial charge in [0.25, 0.3) is 5.56 Å². The molecule has 0 aliphatic carbocycles. The highest BCUT2D eigenvalue weighted by Gasteiger charge is 2.41. The summed E-state index contributed by atoms with van der Waals surface area (Å²) < 4.78 is 1.67. The highest BCUT2D eigenvalue weighted by molar-refractivity contribution is 5.83. The number of hydrogen-bond donors (Lipinski definition) is 0. The number of piperazine rings is 1. The first kappa shape index (κ1) is 16.5. The monoisotopic (exact) mass is 360 g/mol. The summed E-state index contributed by atoms with van der Waals surface area (Å²) in [4.78, 5) is 22.8. The van der Waals surface area contributed by atoms with E-state index in [4.69, 9.17) is 4.98 Å². The van der Waals surface area contributed by atoms with Crippen LogP contribution in [0.2, 0.25) is 0 Å². The zero-order valence-corrected chi connectivity index (χ0v) is 16.0. The second kappa shape index (κ2) is 5.92. The van der Waals surface area contributed by atoms with Crippen molar-refractivity contribution in [1.82, 2.24) is 14.5 Å². The fraction of sp³-hybridized carbons (Fsp3) is 0.364. The topological polar surface area (TPSA) is 41.4 Å². The SMILES string of the molecule is Cc1cccc(-c2nc3ccc(N4C[C@@H]5C[C@H]4CN5C)cc3c(=O)n2C)c1. The van der Waals surface area contributed by atoms with Crippen molar-refractivity contribution in [1.29, 1.82) is 0 Å². The van der Waals surface area contributed by atoms with Crippen molar-refractivity contribution in [2.45, 2.75) is 25.4 Å². The van der Waals surface area contributed by atoms with E-state index in [9.17, 15) is 4.79 Å². The predicted molar refractivity (Wildman–Crippen MR) is 109 cm³/mol. The normalized spacial score (nSPS) is 22.1. The number of benzene rings is 2. The summed E-state index contributed by atoms with van der Waals surface area (Å²) in [5, 5.41) is 0.697. The Morgan fingerprint density at radius 1 is 1.04 bits per heavy atom. The van der Waals surface area contributed by atoms with Crippen LogP contribution in [0, 0.1) is 6.92 Å². The fourth-order valence-electron chi connectivity index (χ4n) is 4.66. The number of fused-ring (bicyclic) bond motifs is 3. The van der Waals surface area contributed by atoms with E-state index in [-0.39, 0.29) is 5.56 Å². The van der Waals surface area contributed by atoms with Crippen LogP contribution in [-0.2, 0) is 7.05 Å². The van der Waals surface area contributed by atoms with Crippen LogP contribution in [0.5, 0.6) is 0 Å². The second-order valence-corrected chi connectivity index (χ2v) is 8.01. The number of aryl methyl sites for hydroxylation is 1. The molecule has 2 aliphatic rings.